The fourth-order valence-electron chi connectivity index (χ4n) is 7.08. The molecule has 29 heavy (non-hydrogen) atoms. The molecule has 0 saturated heterocycles. The summed E-state index contributed by atoms with van der Waals surface area (Å²) in [5.41, 5.74) is 2.27. The van der Waals surface area contributed by atoms with Crippen LogP contribution in [0.3, 0.4) is 0 Å². The molecule has 3 heteroatoms. The van der Waals surface area contributed by atoms with Crippen molar-refractivity contribution in [3.63, 3.8) is 0 Å². The number of rotatable bonds is 3. The first-order valence-corrected chi connectivity index (χ1v) is 11.3. The smallest absolute Gasteiger partial charge is 0.160 e. The van der Waals surface area contributed by atoms with Gasteiger partial charge in [-0.25, -0.2) is 0 Å². The predicted octanol–water partition coefficient (Wildman–Crippen LogP) is 6.11. The Morgan fingerprint density at radius 1 is 1.03 bits per heavy atom. The van der Waals surface area contributed by atoms with Crippen molar-refractivity contribution >= 4 is 5.78 Å². The van der Waals surface area contributed by atoms with Crippen molar-refractivity contribution in [2.45, 2.75) is 65.4 Å². The number of ketones is 1. The molecule has 1 aromatic carbocycles. The minimum atomic E-state index is -0.0951. The van der Waals surface area contributed by atoms with Crippen LogP contribution in [-0.2, 0) is 16.1 Å². The maximum atomic E-state index is 12.6. The van der Waals surface area contributed by atoms with Gasteiger partial charge in [0.05, 0.1) is 0 Å². The minimum Gasteiger partial charge on any atom is -0.508 e. The van der Waals surface area contributed by atoms with Crippen molar-refractivity contribution in [3.05, 3.63) is 59.1 Å². The van der Waals surface area contributed by atoms with Crippen LogP contribution in [0.4, 0.5) is 0 Å². The van der Waals surface area contributed by atoms with Crippen LogP contribution in [0.25, 0.3) is 0 Å². The Kier molecular flexibility index (Phi) is 4.42. The first-order valence-electron chi connectivity index (χ1n) is 11.3. The minimum absolute atomic E-state index is 0.0358. The predicted molar refractivity (Wildman–Crippen MR) is 113 cm³/mol. The van der Waals surface area contributed by atoms with Crippen LogP contribution in [0.5, 0.6) is 0 Å². The van der Waals surface area contributed by atoms with E-state index in [4.69, 9.17) is 4.74 Å². The van der Waals surface area contributed by atoms with Crippen molar-refractivity contribution in [3.8, 4) is 0 Å². The van der Waals surface area contributed by atoms with E-state index in [0.717, 1.165) is 49.8 Å². The number of carbonyl (C=O) groups excluding carboxylic acids is 1. The summed E-state index contributed by atoms with van der Waals surface area (Å²) in [7, 11) is 0. The van der Waals surface area contributed by atoms with Crippen molar-refractivity contribution in [2.24, 2.45) is 28.6 Å². The van der Waals surface area contributed by atoms with E-state index in [-0.39, 0.29) is 10.8 Å². The standard InChI is InChI=1S/C26H32O3/c1-25-15-13-22(27)24(29-16-17-6-4-3-5-7-17)21(25)9-8-18-19-10-11-23(28)26(19,2)14-12-20(18)25/h3-7,9,18-20,27H,8,10-16H2,1-2H3. The van der Waals surface area contributed by atoms with E-state index in [0.29, 0.717) is 42.3 Å². The zero-order chi connectivity index (χ0) is 20.2. The molecule has 1 N–H and O–H groups in total. The quantitative estimate of drug-likeness (QED) is 0.674. The molecule has 0 aliphatic heterocycles. The Labute approximate surface area is 173 Å². The second-order valence-electron chi connectivity index (χ2n) is 10.1. The number of carbonyl (C=O) groups is 1. The summed E-state index contributed by atoms with van der Waals surface area (Å²) in [6, 6.07) is 10.2. The number of Topliss-reactive ketones (excluding diaryl/α,β-unsaturated/α-hetero) is 1. The lowest BCUT2D eigenvalue weighted by Gasteiger charge is -2.56. The Morgan fingerprint density at radius 3 is 2.59 bits per heavy atom. The van der Waals surface area contributed by atoms with Crippen LogP contribution in [0.15, 0.2) is 53.5 Å². The summed E-state index contributed by atoms with van der Waals surface area (Å²) < 4.78 is 6.23. The lowest BCUT2D eigenvalue weighted by atomic mass is 9.48. The van der Waals surface area contributed by atoms with Crippen molar-refractivity contribution in [2.75, 3.05) is 0 Å². The monoisotopic (exact) mass is 392 g/mol. The van der Waals surface area contributed by atoms with Crippen molar-refractivity contribution in [1.82, 2.24) is 0 Å². The average Bonchev–Trinajstić information content (AvgIpc) is 3.03. The summed E-state index contributed by atoms with van der Waals surface area (Å²) >= 11 is 0. The lowest BCUT2D eigenvalue weighted by molar-refractivity contribution is -0.131. The highest BCUT2D eigenvalue weighted by Gasteiger charge is 2.59. The first kappa shape index (κ1) is 19.0. The third-order valence-electron chi connectivity index (χ3n) is 8.79. The van der Waals surface area contributed by atoms with Crippen LogP contribution < -0.4 is 0 Å². The summed E-state index contributed by atoms with van der Waals surface area (Å²) in [4.78, 5) is 12.6. The molecule has 0 bridgehead atoms. The SMILES string of the molecule is CC12CCC3C(CC=C4C(OCc5ccccc5)=C(O)CCC43C)C1CCC2=O. The molecule has 4 aliphatic carbocycles. The number of aliphatic hydroxyl groups is 1. The largest absolute Gasteiger partial charge is 0.508 e. The lowest BCUT2D eigenvalue weighted by Crippen LogP contribution is -2.50. The molecule has 0 heterocycles. The van der Waals surface area contributed by atoms with Crippen molar-refractivity contribution < 1.29 is 14.6 Å². The Hall–Kier alpha value is -2.03. The van der Waals surface area contributed by atoms with Gasteiger partial charge in [0.1, 0.15) is 18.1 Å². The van der Waals surface area contributed by atoms with E-state index in [1.54, 1.807) is 0 Å². The molecular formula is C26H32O3. The van der Waals surface area contributed by atoms with Crippen LogP contribution in [-0.4, -0.2) is 10.9 Å². The first-order chi connectivity index (χ1) is 13.9. The Balaban J connectivity index is 1.44. The Bertz CT molecular complexity index is 882. The molecule has 154 valence electrons. The van der Waals surface area contributed by atoms with Crippen LogP contribution in [0.2, 0.25) is 0 Å². The zero-order valence-corrected chi connectivity index (χ0v) is 17.6. The molecule has 5 rings (SSSR count). The molecule has 5 atom stereocenters. The van der Waals surface area contributed by atoms with E-state index in [9.17, 15) is 9.90 Å². The molecular weight excluding hydrogens is 360 g/mol. The second kappa shape index (κ2) is 6.75. The van der Waals surface area contributed by atoms with Crippen LogP contribution in [0.1, 0.15) is 64.4 Å². The molecule has 0 radical (unpaired) electrons. The van der Waals surface area contributed by atoms with E-state index >= 15 is 0 Å². The number of ether oxygens (including phenoxy) is 1. The van der Waals surface area contributed by atoms with Gasteiger partial charge in [0.15, 0.2) is 5.76 Å². The maximum Gasteiger partial charge on any atom is 0.160 e. The highest BCUT2D eigenvalue weighted by Crippen LogP contribution is 2.64. The van der Waals surface area contributed by atoms with Gasteiger partial charge in [0.25, 0.3) is 0 Å². The van der Waals surface area contributed by atoms with E-state index < -0.39 is 0 Å². The summed E-state index contributed by atoms with van der Waals surface area (Å²) in [5, 5.41) is 10.7. The fraction of sp³-hybridized carbons (Fsp3) is 0.577. The number of aliphatic hydroxyl groups excluding tert-OH is 1. The number of allylic oxidation sites excluding steroid dienone is 3. The van der Waals surface area contributed by atoms with Gasteiger partial charge >= 0.3 is 0 Å². The fourth-order valence-corrected chi connectivity index (χ4v) is 7.08. The molecule has 2 saturated carbocycles. The molecule has 4 aliphatic rings. The van der Waals surface area contributed by atoms with Gasteiger partial charge in [-0.05, 0) is 66.4 Å². The topological polar surface area (TPSA) is 46.5 Å². The maximum absolute atomic E-state index is 12.6. The van der Waals surface area contributed by atoms with Gasteiger partial charge in [-0.1, -0.05) is 50.3 Å². The molecule has 3 nitrogen and oxygen atoms in total. The van der Waals surface area contributed by atoms with Gasteiger partial charge in [0.2, 0.25) is 0 Å². The molecule has 0 spiro atoms. The zero-order valence-electron chi connectivity index (χ0n) is 17.6. The number of benzene rings is 1. The van der Waals surface area contributed by atoms with Crippen LogP contribution in [0, 0.1) is 28.6 Å². The number of fused-ring (bicyclic) bond motifs is 5. The third kappa shape index (κ3) is 2.80. The van der Waals surface area contributed by atoms with Gasteiger partial charge in [-0.3, -0.25) is 4.79 Å². The second-order valence-corrected chi connectivity index (χ2v) is 10.1. The molecule has 0 amide bonds. The molecule has 1 aromatic rings. The van der Waals surface area contributed by atoms with Crippen LogP contribution >= 0.6 is 0 Å². The van der Waals surface area contributed by atoms with E-state index in [2.05, 4.69) is 32.1 Å². The summed E-state index contributed by atoms with van der Waals surface area (Å²) in [5.74, 6) is 3.31. The molecule has 2 fully saturated rings. The van der Waals surface area contributed by atoms with Gasteiger partial charge in [-0.15, -0.1) is 0 Å². The molecule has 0 aromatic heterocycles. The van der Waals surface area contributed by atoms with Crippen molar-refractivity contribution in [1.29, 1.82) is 0 Å². The molecule has 5 unspecified atom stereocenters. The number of hydrogen-bond acceptors (Lipinski definition) is 3. The highest BCUT2D eigenvalue weighted by atomic mass is 16.5. The van der Waals surface area contributed by atoms with Gasteiger partial charge < -0.3 is 9.84 Å². The average molecular weight is 393 g/mol. The Morgan fingerprint density at radius 2 is 1.79 bits per heavy atom. The van der Waals surface area contributed by atoms with E-state index in [1.165, 1.54) is 5.57 Å². The van der Waals surface area contributed by atoms with Gasteiger partial charge in [0, 0.05) is 18.3 Å². The normalized spacial score (nSPS) is 38.8. The number of hydrogen-bond donors (Lipinski definition) is 1. The third-order valence-corrected chi connectivity index (χ3v) is 8.79. The van der Waals surface area contributed by atoms with Gasteiger partial charge in [-0.2, -0.15) is 0 Å². The summed E-state index contributed by atoms with van der Waals surface area (Å²) in [6.45, 7) is 5.09. The summed E-state index contributed by atoms with van der Waals surface area (Å²) in [6.07, 6.45) is 8.97. The van der Waals surface area contributed by atoms with E-state index in [1.807, 2.05) is 18.2 Å². The highest BCUT2D eigenvalue weighted by molar-refractivity contribution is 5.87.